The number of hydrogen-bond acceptors (Lipinski definition) is 3. The first kappa shape index (κ1) is 7.81. The van der Waals surface area contributed by atoms with Gasteiger partial charge < -0.3 is 15.5 Å². The van der Waals surface area contributed by atoms with Crippen LogP contribution in [0, 0.1) is 0 Å². The van der Waals surface area contributed by atoms with Gasteiger partial charge in [0.25, 0.3) is 0 Å². The van der Waals surface area contributed by atoms with E-state index in [1.54, 1.807) is 12.5 Å². The summed E-state index contributed by atoms with van der Waals surface area (Å²) < 4.78 is 4.82. The van der Waals surface area contributed by atoms with Crippen molar-refractivity contribution in [3.05, 3.63) is 24.2 Å². The second kappa shape index (κ2) is 3.78. The molecule has 4 heteroatoms. The van der Waals surface area contributed by atoms with Crippen LogP contribution in [0.2, 0.25) is 0 Å². The molecule has 0 radical (unpaired) electrons. The SMILES string of the molecule is NC(=O)CNCc1ccoc1. The van der Waals surface area contributed by atoms with Crippen molar-refractivity contribution in [2.24, 2.45) is 5.73 Å². The lowest BCUT2D eigenvalue weighted by Gasteiger charge is -1.96. The molecule has 0 saturated heterocycles. The number of amides is 1. The Morgan fingerprint density at radius 3 is 3.09 bits per heavy atom. The third-order valence-electron chi connectivity index (χ3n) is 1.21. The summed E-state index contributed by atoms with van der Waals surface area (Å²) in [6.45, 7) is 0.810. The molecule has 0 spiro atoms. The summed E-state index contributed by atoms with van der Waals surface area (Å²) in [5.41, 5.74) is 5.91. The van der Waals surface area contributed by atoms with E-state index in [1.165, 1.54) is 0 Å². The predicted octanol–water partition coefficient (Wildman–Crippen LogP) is -0.146. The summed E-state index contributed by atoms with van der Waals surface area (Å²) in [4.78, 5) is 10.3. The molecule has 1 amide bonds. The summed E-state index contributed by atoms with van der Waals surface area (Å²) >= 11 is 0. The average Bonchev–Trinajstić information content (AvgIpc) is 2.39. The normalized spacial score (nSPS) is 9.82. The highest BCUT2D eigenvalue weighted by Gasteiger charge is 1.94. The molecule has 0 aliphatic heterocycles. The van der Waals surface area contributed by atoms with Crippen LogP contribution >= 0.6 is 0 Å². The minimum Gasteiger partial charge on any atom is -0.472 e. The zero-order valence-corrected chi connectivity index (χ0v) is 6.04. The largest absolute Gasteiger partial charge is 0.472 e. The Morgan fingerprint density at radius 1 is 1.73 bits per heavy atom. The molecular formula is C7H10N2O2. The van der Waals surface area contributed by atoms with Crippen molar-refractivity contribution in [3.63, 3.8) is 0 Å². The van der Waals surface area contributed by atoms with Crippen molar-refractivity contribution < 1.29 is 9.21 Å². The maximum atomic E-state index is 10.3. The number of furan rings is 1. The molecule has 0 aromatic carbocycles. The molecule has 60 valence electrons. The average molecular weight is 154 g/mol. The first-order valence-electron chi connectivity index (χ1n) is 3.29. The molecule has 0 aliphatic carbocycles. The zero-order valence-electron chi connectivity index (χ0n) is 6.04. The van der Waals surface area contributed by atoms with Crippen molar-refractivity contribution in [3.8, 4) is 0 Å². The van der Waals surface area contributed by atoms with E-state index in [1.807, 2.05) is 6.07 Å². The van der Waals surface area contributed by atoms with Gasteiger partial charge in [-0.25, -0.2) is 0 Å². The Bertz CT molecular complexity index is 218. The molecule has 1 aromatic heterocycles. The molecule has 11 heavy (non-hydrogen) atoms. The van der Waals surface area contributed by atoms with Crippen LogP contribution in [-0.2, 0) is 11.3 Å². The van der Waals surface area contributed by atoms with E-state index >= 15 is 0 Å². The van der Waals surface area contributed by atoms with Crippen LogP contribution < -0.4 is 11.1 Å². The minimum atomic E-state index is -0.353. The van der Waals surface area contributed by atoms with Gasteiger partial charge in [-0.3, -0.25) is 4.79 Å². The molecule has 3 N–H and O–H groups in total. The highest BCUT2D eigenvalue weighted by Crippen LogP contribution is 1.97. The highest BCUT2D eigenvalue weighted by molar-refractivity contribution is 5.75. The van der Waals surface area contributed by atoms with Gasteiger partial charge in [0.15, 0.2) is 0 Å². The molecule has 4 nitrogen and oxygen atoms in total. The minimum absolute atomic E-state index is 0.200. The quantitative estimate of drug-likeness (QED) is 0.634. The Labute approximate surface area is 64.4 Å². The van der Waals surface area contributed by atoms with Crippen LogP contribution in [0.25, 0.3) is 0 Å². The van der Waals surface area contributed by atoms with Gasteiger partial charge in [-0.15, -0.1) is 0 Å². The maximum Gasteiger partial charge on any atom is 0.231 e. The molecule has 0 aliphatic rings. The number of carbonyl (C=O) groups is 1. The van der Waals surface area contributed by atoms with Crippen LogP contribution in [0.15, 0.2) is 23.0 Å². The molecule has 0 saturated carbocycles. The van der Waals surface area contributed by atoms with Crippen LogP contribution in [0.4, 0.5) is 0 Å². The fourth-order valence-electron chi connectivity index (χ4n) is 0.723. The number of nitrogens with one attached hydrogen (secondary N) is 1. The zero-order chi connectivity index (χ0) is 8.10. The van der Waals surface area contributed by atoms with Gasteiger partial charge >= 0.3 is 0 Å². The molecule has 0 fully saturated rings. The van der Waals surface area contributed by atoms with Gasteiger partial charge in [0.05, 0.1) is 19.1 Å². The van der Waals surface area contributed by atoms with E-state index < -0.39 is 0 Å². The fraction of sp³-hybridized carbons (Fsp3) is 0.286. The van der Waals surface area contributed by atoms with E-state index in [4.69, 9.17) is 10.2 Å². The van der Waals surface area contributed by atoms with Crippen LogP contribution in [-0.4, -0.2) is 12.5 Å². The number of carbonyl (C=O) groups excluding carboxylic acids is 1. The summed E-state index contributed by atoms with van der Waals surface area (Å²) in [6.07, 6.45) is 3.20. The molecule has 0 atom stereocenters. The topological polar surface area (TPSA) is 68.3 Å². The predicted molar refractivity (Wildman–Crippen MR) is 39.6 cm³/mol. The standard InChI is InChI=1S/C7H10N2O2/c8-7(10)4-9-3-6-1-2-11-5-6/h1-2,5,9H,3-4H2,(H2,8,10). The van der Waals surface area contributed by atoms with E-state index in [-0.39, 0.29) is 12.5 Å². The van der Waals surface area contributed by atoms with E-state index in [2.05, 4.69) is 5.32 Å². The fourth-order valence-corrected chi connectivity index (χ4v) is 0.723. The molecule has 0 unspecified atom stereocenters. The summed E-state index contributed by atoms with van der Waals surface area (Å²) in [5, 5.41) is 2.85. The van der Waals surface area contributed by atoms with E-state index in [9.17, 15) is 4.79 Å². The maximum absolute atomic E-state index is 10.3. The van der Waals surface area contributed by atoms with Crippen molar-refractivity contribution in [1.29, 1.82) is 0 Å². The van der Waals surface area contributed by atoms with E-state index in [0.717, 1.165) is 5.56 Å². The van der Waals surface area contributed by atoms with Crippen molar-refractivity contribution >= 4 is 5.91 Å². The highest BCUT2D eigenvalue weighted by atomic mass is 16.3. The lowest BCUT2D eigenvalue weighted by molar-refractivity contribution is -0.117. The van der Waals surface area contributed by atoms with Crippen molar-refractivity contribution in [1.82, 2.24) is 5.32 Å². The van der Waals surface area contributed by atoms with Crippen LogP contribution in [0.1, 0.15) is 5.56 Å². The lowest BCUT2D eigenvalue weighted by Crippen LogP contribution is -2.27. The third kappa shape index (κ3) is 2.86. The van der Waals surface area contributed by atoms with E-state index in [0.29, 0.717) is 6.54 Å². The van der Waals surface area contributed by atoms with Gasteiger partial charge in [0.2, 0.25) is 5.91 Å². The van der Waals surface area contributed by atoms with Gasteiger partial charge in [0.1, 0.15) is 0 Å². The Balaban J connectivity index is 2.19. The van der Waals surface area contributed by atoms with Crippen LogP contribution in [0.3, 0.4) is 0 Å². The van der Waals surface area contributed by atoms with Gasteiger partial charge in [-0.1, -0.05) is 0 Å². The van der Waals surface area contributed by atoms with Crippen LogP contribution in [0.5, 0.6) is 0 Å². The summed E-state index contributed by atoms with van der Waals surface area (Å²) in [7, 11) is 0. The Kier molecular flexibility index (Phi) is 2.68. The van der Waals surface area contributed by atoms with Gasteiger partial charge in [0, 0.05) is 12.1 Å². The van der Waals surface area contributed by atoms with Gasteiger partial charge in [-0.05, 0) is 6.07 Å². The monoisotopic (exact) mass is 154 g/mol. The second-order valence-corrected chi connectivity index (χ2v) is 2.20. The summed E-state index contributed by atoms with van der Waals surface area (Å²) in [6, 6.07) is 1.83. The molecule has 1 rings (SSSR count). The number of primary amides is 1. The molecule has 1 heterocycles. The third-order valence-corrected chi connectivity index (χ3v) is 1.21. The number of rotatable bonds is 4. The molecule has 0 bridgehead atoms. The Morgan fingerprint density at radius 2 is 2.55 bits per heavy atom. The molecule has 1 aromatic rings. The Hall–Kier alpha value is -1.29. The smallest absolute Gasteiger partial charge is 0.231 e. The lowest BCUT2D eigenvalue weighted by atomic mass is 10.3. The number of hydrogen-bond donors (Lipinski definition) is 2. The summed E-state index contributed by atoms with van der Waals surface area (Å²) in [5.74, 6) is -0.353. The van der Waals surface area contributed by atoms with Crippen molar-refractivity contribution in [2.75, 3.05) is 6.54 Å². The van der Waals surface area contributed by atoms with Gasteiger partial charge in [-0.2, -0.15) is 0 Å². The first-order chi connectivity index (χ1) is 5.29. The first-order valence-corrected chi connectivity index (χ1v) is 3.29. The van der Waals surface area contributed by atoms with Crippen molar-refractivity contribution in [2.45, 2.75) is 6.54 Å². The number of nitrogens with two attached hydrogens (primary N) is 1. The molecular weight excluding hydrogens is 144 g/mol. The second-order valence-electron chi connectivity index (χ2n) is 2.20.